The Labute approximate surface area is 140 Å². The van der Waals surface area contributed by atoms with E-state index in [-0.39, 0.29) is 11.7 Å². The Kier molecular flexibility index (Phi) is 4.94. The van der Waals surface area contributed by atoms with E-state index in [2.05, 4.69) is 5.32 Å². The Morgan fingerprint density at radius 1 is 1.17 bits per heavy atom. The fourth-order valence-electron chi connectivity index (χ4n) is 2.69. The van der Waals surface area contributed by atoms with E-state index >= 15 is 0 Å². The summed E-state index contributed by atoms with van der Waals surface area (Å²) in [5.74, 6) is -0.312. The predicted octanol–water partition coefficient (Wildman–Crippen LogP) is 2.67. The van der Waals surface area contributed by atoms with E-state index < -0.39 is 0 Å². The Balaban J connectivity index is 1.65. The monoisotopic (exact) mass is 333 g/mol. The number of anilines is 1. The zero-order chi connectivity index (χ0) is 16.2. The third kappa shape index (κ3) is 4.30. The lowest BCUT2D eigenvalue weighted by molar-refractivity contribution is -0.917. The first kappa shape index (κ1) is 16.0. The molecule has 0 heterocycles. The van der Waals surface area contributed by atoms with Crippen LogP contribution in [-0.4, -0.2) is 18.5 Å². The number of quaternary nitrogens is 1. The molecule has 3 rings (SSSR count). The van der Waals surface area contributed by atoms with Gasteiger partial charge in [-0.05, 0) is 18.2 Å². The van der Waals surface area contributed by atoms with Gasteiger partial charge in [-0.15, -0.1) is 0 Å². The number of benzene rings is 2. The van der Waals surface area contributed by atoms with E-state index in [1.165, 1.54) is 6.07 Å². The Hall–Kier alpha value is -1.91. The maximum absolute atomic E-state index is 13.8. The average molecular weight is 334 g/mol. The van der Waals surface area contributed by atoms with E-state index in [1.807, 2.05) is 18.2 Å². The van der Waals surface area contributed by atoms with Crippen molar-refractivity contribution in [2.45, 2.75) is 25.4 Å². The molecule has 0 saturated heterocycles. The van der Waals surface area contributed by atoms with E-state index in [0.717, 1.165) is 17.7 Å². The first-order valence-electron chi connectivity index (χ1n) is 7.76. The third-order valence-electron chi connectivity index (χ3n) is 4.07. The second-order valence-corrected chi connectivity index (χ2v) is 6.31. The molecule has 2 aromatic carbocycles. The predicted molar refractivity (Wildman–Crippen MR) is 89.0 cm³/mol. The summed E-state index contributed by atoms with van der Waals surface area (Å²) < 4.78 is 13.8. The minimum absolute atomic E-state index is 0.101. The Morgan fingerprint density at radius 3 is 2.57 bits per heavy atom. The highest BCUT2D eigenvalue weighted by atomic mass is 35.5. The van der Waals surface area contributed by atoms with Gasteiger partial charge in [-0.3, -0.25) is 4.79 Å². The third-order valence-corrected chi connectivity index (χ3v) is 4.40. The molecule has 1 aliphatic rings. The van der Waals surface area contributed by atoms with Crippen LogP contribution in [0.5, 0.6) is 0 Å². The van der Waals surface area contributed by atoms with E-state index in [0.29, 0.717) is 35.4 Å². The van der Waals surface area contributed by atoms with Crippen LogP contribution < -0.4 is 10.2 Å². The largest absolute Gasteiger partial charge is 0.321 e. The number of hydrogen-bond donors (Lipinski definition) is 2. The molecular formula is C18H19ClFN2O+. The quantitative estimate of drug-likeness (QED) is 0.837. The molecule has 2 aromatic rings. The van der Waals surface area contributed by atoms with E-state index in [9.17, 15) is 9.18 Å². The fraction of sp³-hybridized carbons (Fsp3) is 0.278. The lowest BCUT2D eigenvalue weighted by Gasteiger charge is -2.19. The van der Waals surface area contributed by atoms with Crippen LogP contribution in [0.15, 0.2) is 48.5 Å². The van der Waals surface area contributed by atoms with Crippen LogP contribution in [0.3, 0.4) is 0 Å². The van der Waals surface area contributed by atoms with Gasteiger partial charge in [-0.25, -0.2) is 4.39 Å². The Bertz CT molecular complexity index is 703. The molecule has 120 valence electrons. The highest BCUT2D eigenvalue weighted by Gasteiger charge is 2.35. The highest BCUT2D eigenvalue weighted by molar-refractivity contribution is 6.33. The van der Waals surface area contributed by atoms with Gasteiger partial charge in [-0.2, -0.15) is 0 Å². The molecule has 0 spiro atoms. The number of amides is 1. The summed E-state index contributed by atoms with van der Waals surface area (Å²) >= 11 is 6.06. The van der Waals surface area contributed by atoms with Crippen LogP contribution in [0.1, 0.15) is 18.4 Å². The summed E-state index contributed by atoms with van der Waals surface area (Å²) in [5.41, 5.74) is 1.26. The molecular weight excluding hydrogens is 315 g/mol. The molecule has 1 unspecified atom stereocenters. The maximum Gasteiger partial charge on any atom is 0.279 e. The van der Waals surface area contributed by atoms with Crippen molar-refractivity contribution >= 4 is 23.2 Å². The van der Waals surface area contributed by atoms with Crippen molar-refractivity contribution in [2.75, 3.05) is 11.9 Å². The molecule has 1 aliphatic carbocycles. The summed E-state index contributed by atoms with van der Waals surface area (Å²) in [6.45, 7) is 0.831. The maximum atomic E-state index is 13.8. The molecule has 1 amide bonds. The molecule has 1 saturated carbocycles. The number of carbonyl (C=O) groups excluding carboxylic acids is 1. The van der Waals surface area contributed by atoms with Gasteiger partial charge in [0.2, 0.25) is 0 Å². The van der Waals surface area contributed by atoms with Crippen LogP contribution in [0.2, 0.25) is 5.02 Å². The fourth-order valence-corrected chi connectivity index (χ4v) is 2.88. The van der Waals surface area contributed by atoms with Gasteiger partial charge >= 0.3 is 0 Å². The van der Waals surface area contributed by atoms with Crippen molar-refractivity contribution in [1.82, 2.24) is 0 Å². The molecule has 2 N–H and O–H groups in total. The minimum Gasteiger partial charge on any atom is -0.321 e. The summed E-state index contributed by atoms with van der Waals surface area (Å²) in [6.07, 6.45) is 2.17. The van der Waals surface area contributed by atoms with Crippen molar-refractivity contribution in [1.29, 1.82) is 0 Å². The molecule has 5 heteroatoms. The summed E-state index contributed by atoms with van der Waals surface area (Å²) in [4.78, 5) is 13.4. The number of para-hydroxylation sites is 1. The van der Waals surface area contributed by atoms with Crippen LogP contribution in [0.25, 0.3) is 0 Å². The van der Waals surface area contributed by atoms with Gasteiger partial charge in [0.15, 0.2) is 6.54 Å². The zero-order valence-corrected chi connectivity index (χ0v) is 13.4. The number of nitrogens with one attached hydrogen (secondary N) is 2. The SMILES string of the molecule is O=C(C[NH+](Cc1ccccc1F)C1CC1)Nc1ccccc1Cl. The van der Waals surface area contributed by atoms with Crippen LogP contribution in [0, 0.1) is 5.82 Å². The standard InChI is InChI=1S/C18H18ClFN2O/c19-15-6-2-4-8-17(15)21-18(23)12-22(14-9-10-14)11-13-5-1-3-7-16(13)20/h1-8,14H,9-12H2,(H,21,23)/p+1. The first-order valence-corrected chi connectivity index (χ1v) is 8.13. The molecule has 0 aliphatic heterocycles. The molecule has 0 aromatic heterocycles. The normalized spacial score (nSPS) is 15.2. The highest BCUT2D eigenvalue weighted by Crippen LogP contribution is 2.20. The number of hydrogen-bond acceptors (Lipinski definition) is 1. The number of rotatable bonds is 6. The van der Waals surface area contributed by atoms with Crippen molar-refractivity contribution in [3.8, 4) is 0 Å². The molecule has 1 atom stereocenters. The second kappa shape index (κ2) is 7.11. The van der Waals surface area contributed by atoms with Crippen LogP contribution in [-0.2, 0) is 11.3 Å². The van der Waals surface area contributed by atoms with Gasteiger partial charge in [0.1, 0.15) is 12.4 Å². The van der Waals surface area contributed by atoms with Crippen LogP contribution >= 0.6 is 11.6 Å². The molecule has 0 bridgehead atoms. The molecule has 23 heavy (non-hydrogen) atoms. The van der Waals surface area contributed by atoms with Crippen molar-refractivity contribution in [3.63, 3.8) is 0 Å². The summed E-state index contributed by atoms with van der Waals surface area (Å²) in [6, 6.07) is 14.3. The molecule has 0 radical (unpaired) electrons. The van der Waals surface area contributed by atoms with Crippen LogP contribution in [0.4, 0.5) is 10.1 Å². The number of carbonyl (C=O) groups is 1. The number of halogens is 2. The van der Waals surface area contributed by atoms with Crippen molar-refractivity contribution in [2.24, 2.45) is 0 Å². The van der Waals surface area contributed by atoms with E-state index in [4.69, 9.17) is 11.6 Å². The zero-order valence-electron chi connectivity index (χ0n) is 12.7. The van der Waals surface area contributed by atoms with E-state index in [1.54, 1.807) is 24.3 Å². The van der Waals surface area contributed by atoms with Gasteiger partial charge in [0.05, 0.1) is 16.8 Å². The lowest BCUT2D eigenvalue weighted by Crippen LogP contribution is -3.13. The summed E-state index contributed by atoms with van der Waals surface area (Å²) in [7, 11) is 0. The average Bonchev–Trinajstić information content (AvgIpc) is 3.36. The smallest absolute Gasteiger partial charge is 0.279 e. The molecule has 3 nitrogen and oxygen atoms in total. The summed E-state index contributed by atoms with van der Waals surface area (Å²) in [5, 5.41) is 3.35. The lowest BCUT2D eigenvalue weighted by atomic mass is 10.2. The minimum atomic E-state index is -0.211. The first-order chi connectivity index (χ1) is 11.1. The van der Waals surface area contributed by atoms with Crippen molar-refractivity contribution < 1.29 is 14.1 Å². The molecule has 1 fully saturated rings. The second-order valence-electron chi connectivity index (χ2n) is 5.91. The van der Waals surface area contributed by atoms with Gasteiger partial charge in [0, 0.05) is 18.4 Å². The van der Waals surface area contributed by atoms with Gasteiger partial charge in [-0.1, -0.05) is 41.9 Å². The van der Waals surface area contributed by atoms with Gasteiger partial charge in [0.25, 0.3) is 5.91 Å². The van der Waals surface area contributed by atoms with Gasteiger partial charge < -0.3 is 10.2 Å². The topological polar surface area (TPSA) is 33.5 Å². The van der Waals surface area contributed by atoms with Crippen molar-refractivity contribution in [3.05, 3.63) is 64.9 Å². The Morgan fingerprint density at radius 2 is 1.87 bits per heavy atom.